The van der Waals surface area contributed by atoms with E-state index in [0.717, 1.165) is 6.42 Å². The highest BCUT2D eigenvalue weighted by Gasteiger charge is 2.36. The van der Waals surface area contributed by atoms with Crippen molar-refractivity contribution < 1.29 is 19.1 Å². The van der Waals surface area contributed by atoms with E-state index in [1.165, 1.54) is 14.0 Å². The first-order valence-electron chi connectivity index (χ1n) is 5.05. The summed E-state index contributed by atoms with van der Waals surface area (Å²) in [5, 5.41) is 0. The van der Waals surface area contributed by atoms with Crippen molar-refractivity contribution in [2.45, 2.75) is 38.3 Å². The largest absolute Gasteiger partial charge is 0.469 e. The van der Waals surface area contributed by atoms with Crippen molar-refractivity contribution in [1.82, 2.24) is 0 Å². The summed E-state index contributed by atoms with van der Waals surface area (Å²) in [4.78, 5) is 22.3. The van der Waals surface area contributed by atoms with E-state index >= 15 is 0 Å². The maximum Gasteiger partial charge on any atom is 0.312 e. The summed E-state index contributed by atoms with van der Waals surface area (Å²) < 4.78 is 9.74. The molecule has 0 saturated heterocycles. The molecule has 0 aliphatic heterocycles. The Kier molecular flexibility index (Phi) is 4.08. The Morgan fingerprint density at radius 1 is 1.33 bits per heavy atom. The molecule has 1 aliphatic carbocycles. The summed E-state index contributed by atoms with van der Waals surface area (Å²) in [6.07, 6.45) is 1.47. The van der Waals surface area contributed by atoms with E-state index in [-0.39, 0.29) is 23.9 Å². The van der Waals surface area contributed by atoms with Gasteiger partial charge in [0.25, 0.3) is 0 Å². The van der Waals surface area contributed by atoms with Crippen molar-refractivity contribution in [3.63, 3.8) is 0 Å². The van der Waals surface area contributed by atoms with Crippen molar-refractivity contribution in [1.29, 1.82) is 0 Å². The smallest absolute Gasteiger partial charge is 0.312 e. The summed E-state index contributed by atoms with van der Waals surface area (Å²) in [5.41, 5.74) is 5.76. The molecule has 2 N–H and O–H groups in total. The van der Waals surface area contributed by atoms with Gasteiger partial charge in [-0.1, -0.05) is 0 Å². The lowest BCUT2D eigenvalue weighted by molar-refractivity contribution is -0.161. The fraction of sp³-hybridized carbons (Fsp3) is 0.800. The highest BCUT2D eigenvalue weighted by Crippen LogP contribution is 2.27. The second kappa shape index (κ2) is 5.11. The number of hydrogen-bond donors (Lipinski definition) is 1. The van der Waals surface area contributed by atoms with Crippen LogP contribution in [0.3, 0.4) is 0 Å². The quantitative estimate of drug-likeness (QED) is 0.666. The molecule has 3 atom stereocenters. The van der Waals surface area contributed by atoms with Gasteiger partial charge in [-0.3, -0.25) is 9.59 Å². The lowest BCUT2D eigenvalue weighted by atomic mass is 9.84. The maximum atomic E-state index is 11.4. The number of esters is 2. The average molecular weight is 215 g/mol. The van der Waals surface area contributed by atoms with Gasteiger partial charge in [0.15, 0.2) is 0 Å². The molecule has 0 heterocycles. The van der Waals surface area contributed by atoms with E-state index < -0.39 is 6.10 Å². The minimum absolute atomic E-state index is 0.00439. The second-order valence-corrected chi connectivity index (χ2v) is 3.85. The fourth-order valence-electron chi connectivity index (χ4n) is 1.92. The standard InChI is InChI=1S/C10H17NO4/c1-6(12)15-9-5-7(11)3-4-8(9)10(13)14-2/h7-9H,3-5,11H2,1-2H3/t7-,8+,9-/m0/s1. The Bertz CT molecular complexity index is 254. The van der Waals surface area contributed by atoms with Gasteiger partial charge in [0, 0.05) is 19.4 Å². The molecular formula is C10H17NO4. The van der Waals surface area contributed by atoms with Crippen molar-refractivity contribution in [2.75, 3.05) is 7.11 Å². The first-order valence-corrected chi connectivity index (χ1v) is 5.05. The molecule has 1 fully saturated rings. The summed E-state index contributed by atoms with van der Waals surface area (Å²) in [7, 11) is 1.34. The molecule has 1 saturated carbocycles. The summed E-state index contributed by atoms with van der Waals surface area (Å²) in [6.45, 7) is 1.33. The van der Waals surface area contributed by atoms with Crippen LogP contribution < -0.4 is 5.73 Å². The molecule has 0 spiro atoms. The van der Waals surface area contributed by atoms with E-state index in [9.17, 15) is 9.59 Å². The Morgan fingerprint density at radius 2 is 2.00 bits per heavy atom. The number of nitrogens with two attached hydrogens (primary N) is 1. The molecule has 0 unspecified atom stereocenters. The summed E-state index contributed by atoms with van der Waals surface area (Å²) in [5.74, 6) is -1.07. The van der Waals surface area contributed by atoms with Crippen LogP contribution >= 0.6 is 0 Å². The summed E-state index contributed by atoms with van der Waals surface area (Å²) in [6, 6.07) is -0.00439. The average Bonchev–Trinajstić information content (AvgIpc) is 2.16. The van der Waals surface area contributed by atoms with Gasteiger partial charge in [-0.25, -0.2) is 0 Å². The Balaban J connectivity index is 2.65. The van der Waals surface area contributed by atoms with E-state index in [2.05, 4.69) is 4.74 Å². The van der Waals surface area contributed by atoms with E-state index in [1.807, 2.05) is 0 Å². The van der Waals surface area contributed by atoms with Gasteiger partial charge in [-0.2, -0.15) is 0 Å². The highest BCUT2D eigenvalue weighted by molar-refractivity contribution is 5.74. The summed E-state index contributed by atoms with van der Waals surface area (Å²) >= 11 is 0. The van der Waals surface area contributed by atoms with Gasteiger partial charge >= 0.3 is 11.9 Å². The Morgan fingerprint density at radius 3 is 2.53 bits per heavy atom. The third kappa shape index (κ3) is 3.20. The third-order valence-corrected chi connectivity index (χ3v) is 2.65. The zero-order chi connectivity index (χ0) is 11.4. The molecule has 0 bridgehead atoms. The number of methoxy groups -OCH3 is 1. The zero-order valence-corrected chi connectivity index (χ0v) is 9.06. The second-order valence-electron chi connectivity index (χ2n) is 3.85. The lowest BCUT2D eigenvalue weighted by Gasteiger charge is -2.32. The van der Waals surface area contributed by atoms with Crippen LogP contribution in [0.25, 0.3) is 0 Å². The Labute approximate surface area is 88.9 Å². The molecular weight excluding hydrogens is 198 g/mol. The topological polar surface area (TPSA) is 78.6 Å². The van der Waals surface area contributed by atoms with Crippen LogP contribution in [0.5, 0.6) is 0 Å². The number of hydrogen-bond acceptors (Lipinski definition) is 5. The SMILES string of the molecule is COC(=O)[C@@H]1CC[C@H](N)C[C@@H]1OC(C)=O. The monoisotopic (exact) mass is 215 g/mol. The lowest BCUT2D eigenvalue weighted by Crippen LogP contribution is -2.42. The normalized spacial score (nSPS) is 30.7. The van der Waals surface area contributed by atoms with E-state index in [4.69, 9.17) is 10.5 Å². The van der Waals surface area contributed by atoms with Gasteiger partial charge < -0.3 is 15.2 Å². The van der Waals surface area contributed by atoms with Crippen LogP contribution in [0, 0.1) is 5.92 Å². The molecule has 5 nitrogen and oxygen atoms in total. The third-order valence-electron chi connectivity index (χ3n) is 2.65. The first-order chi connectivity index (χ1) is 7.04. The maximum absolute atomic E-state index is 11.4. The minimum atomic E-state index is -0.432. The van der Waals surface area contributed by atoms with Gasteiger partial charge in [-0.15, -0.1) is 0 Å². The number of ether oxygens (including phenoxy) is 2. The molecule has 0 aromatic rings. The minimum Gasteiger partial charge on any atom is -0.469 e. The molecule has 5 heteroatoms. The van der Waals surface area contributed by atoms with E-state index in [0.29, 0.717) is 12.8 Å². The van der Waals surface area contributed by atoms with Crippen LogP contribution in [0.15, 0.2) is 0 Å². The molecule has 0 aromatic heterocycles. The number of carbonyl (C=O) groups excluding carboxylic acids is 2. The van der Waals surface area contributed by atoms with Gasteiger partial charge in [0.2, 0.25) is 0 Å². The predicted octanol–water partition coefficient (Wildman–Crippen LogP) is 0.218. The predicted molar refractivity (Wildman–Crippen MR) is 52.9 cm³/mol. The van der Waals surface area contributed by atoms with Crippen LogP contribution in [0.2, 0.25) is 0 Å². The van der Waals surface area contributed by atoms with Crippen LogP contribution in [0.1, 0.15) is 26.2 Å². The van der Waals surface area contributed by atoms with Crippen molar-refractivity contribution in [3.8, 4) is 0 Å². The molecule has 0 amide bonds. The van der Waals surface area contributed by atoms with Crippen LogP contribution in [0.4, 0.5) is 0 Å². The van der Waals surface area contributed by atoms with Crippen LogP contribution in [-0.4, -0.2) is 31.2 Å². The fourth-order valence-corrected chi connectivity index (χ4v) is 1.92. The van der Waals surface area contributed by atoms with Crippen molar-refractivity contribution in [3.05, 3.63) is 0 Å². The van der Waals surface area contributed by atoms with Gasteiger partial charge in [-0.05, 0) is 12.8 Å². The van der Waals surface area contributed by atoms with Gasteiger partial charge in [0.1, 0.15) is 6.10 Å². The zero-order valence-electron chi connectivity index (χ0n) is 9.06. The van der Waals surface area contributed by atoms with Crippen molar-refractivity contribution >= 4 is 11.9 Å². The molecule has 0 radical (unpaired) electrons. The molecule has 1 rings (SSSR count). The highest BCUT2D eigenvalue weighted by atomic mass is 16.6. The van der Waals surface area contributed by atoms with Gasteiger partial charge in [0.05, 0.1) is 13.0 Å². The number of rotatable bonds is 2. The molecule has 86 valence electrons. The number of carbonyl (C=O) groups is 2. The molecule has 15 heavy (non-hydrogen) atoms. The Hall–Kier alpha value is -1.10. The van der Waals surface area contributed by atoms with Crippen molar-refractivity contribution in [2.24, 2.45) is 11.7 Å². The molecule has 0 aromatic carbocycles. The first kappa shape index (κ1) is 12.0. The molecule has 1 aliphatic rings. The van der Waals surface area contributed by atoms with Crippen LogP contribution in [-0.2, 0) is 19.1 Å². The van der Waals surface area contributed by atoms with E-state index in [1.54, 1.807) is 0 Å².